The third-order valence-electron chi connectivity index (χ3n) is 12.9. The first-order valence-corrected chi connectivity index (χ1v) is 21.4. The van der Waals surface area contributed by atoms with Gasteiger partial charge in [0, 0.05) is 26.9 Å². The summed E-state index contributed by atoms with van der Waals surface area (Å²) < 4.78 is 0. The molecule has 0 fully saturated rings. The van der Waals surface area contributed by atoms with Crippen LogP contribution < -0.4 is 37.7 Å². The largest absolute Gasteiger partial charge is 0.311 e. The quantitative estimate of drug-likeness (QED) is 0.161. The van der Waals surface area contributed by atoms with Crippen molar-refractivity contribution in [3.05, 3.63) is 247 Å². The molecular formula is C55H37B2NS. The first kappa shape index (κ1) is 34.3. The molecule has 0 saturated carbocycles. The Morgan fingerprint density at radius 1 is 0.339 bits per heavy atom. The lowest BCUT2D eigenvalue weighted by Gasteiger charge is -2.50. The molecule has 0 aromatic heterocycles. The number of nitrogens with zero attached hydrogens (tertiary/aromatic N) is 1. The average Bonchev–Trinajstić information content (AvgIpc) is 3.31. The Hall–Kier alpha value is -6.74. The molecule has 1 atom stereocenters. The van der Waals surface area contributed by atoms with Gasteiger partial charge in [-0.1, -0.05) is 220 Å². The van der Waals surface area contributed by atoms with E-state index in [1.54, 1.807) is 0 Å². The summed E-state index contributed by atoms with van der Waals surface area (Å²) >= 11 is 1.93. The van der Waals surface area contributed by atoms with Gasteiger partial charge in [-0.15, -0.1) is 0 Å². The van der Waals surface area contributed by atoms with E-state index in [2.05, 4.69) is 229 Å². The average molecular weight is 766 g/mol. The molecule has 1 spiro atoms. The molecule has 1 nitrogen and oxygen atoms in total. The molecule has 9 aromatic rings. The predicted octanol–water partition coefficient (Wildman–Crippen LogP) is 9.33. The van der Waals surface area contributed by atoms with E-state index in [0.717, 1.165) is 17.1 Å². The normalized spacial score (nSPS) is 15.4. The minimum absolute atomic E-state index is 0.0680. The van der Waals surface area contributed by atoms with Crippen molar-refractivity contribution in [1.82, 2.24) is 0 Å². The predicted molar refractivity (Wildman–Crippen MR) is 251 cm³/mol. The molecule has 0 aliphatic carbocycles. The van der Waals surface area contributed by atoms with Gasteiger partial charge in [0.15, 0.2) is 0 Å². The molecule has 0 bridgehead atoms. The van der Waals surface area contributed by atoms with Gasteiger partial charge < -0.3 is 4.90 Å². The lowest BCUT2D eigenvalue weighted by molar-refractivity contribution is 0.754. The van der Waals surface area contributed by atoms with E-state index in [-0.39, 0.29) is 13.4 Å². The zero-order valence-electron chi connectivity index (χ0n) is 32.4. The Morgan fingerprint density at radius 3 is 1.51 bits per heavy atom. The second kappa shape index (κ2) is 13.7. The lowest BCUT2D eigenvalue weighted by Crippen LogP contribution is -2.68. The molecule has 3 aliphatic heterocycles. The van der Waals surface area contributed by atoms with E-state index in [4.69, 9.17) is 0 Å². The Balaban J connectivity index is 1.09. The van der Waals surface area contributed by atoms with Crippen molar-refractivity contribution in [3.63, 3.8) is 0 Å². The third-order valence-corrected chi connectivity index (χ3v) is 14.1. The fourth-order valence-electron chi connectivity index (χ4n) is 10.6. The van der Waals surface area contributed by atoms with Crippen LogP contribution in [0.5, 0.6) is 0 Å². The van der Waals surface area contributed by atoms with Crippen LogP contribution in [0.15, 0.2) is 234 Å². The molecule has 59 heavy (non-hydrogen) atoms. The van der Waals surface area contributed by atoms with Gasteiger partial charge in [-0.25, -0.2) is 0 Å². The van der Waals surface area contributed by atoms with E-state index >= 15 is 0 Å². The zero-order valence-corrected chi connectivity index (χ0v) is 33.2. The highest BCUT2D eigenvalue weighted by molar-refractivity contribution is 8.00. The number of anilines is 3. The second-order valence-electron chi connectivity index (χ2n) is 15.9. The fourth-order valence-corrected chi connectivity index (χ4v) is 11.8. The van der Waals surface area contributed by atoms with Crippen molar-refractivity contribution in [2.75, 3.05) is 4.90 Å². The van der Waals surface area contributed by atoms with Crippen LogP contribution in [0, 0.1) is 0 Å². The Labute approximate surface area is 351 Å². The third kappa shape index (κ3) is 5.16. The van der Waals surface area contributed by atoms with Gasteiger partial charge in [-0.2, -0.15) is 0 Å². The maximum Gasteiger partial charge on any atom is 0.245 e. The van der Waals surface area contributed by atoms with E-state index in [1.165, 1.54) is 75.9 Å². The monoisotopic (exact) mass is 765 g/mol. The SMILES string of the molecule is c1ccc(B2c3ccccc3C3(c4ccc(-c5ccc(N(c6ccccc6)c6ccccc6)cc5)cc42)c2ccccc2B2c4ccccc4Sc4cccc3c42)cc1. The lowest BCUT2D eigenvalue weighted by atomic mass is 9.26. The van der Waals surface area contributed by atoms with Crippen LogP contribution in [0.25, 0.3) is 11.1 Å². The van der Waals surface area contributed by atoms with Crippen LogP contribution in [-0.4, -0.2) is 13.4 Å². The number of rotatable bonds is 5. The molecule has 9 aromatic carbocycles. The van der Waals surface area contributed by atoms with Gasteiger partial charge in [0.25, 0.3) is 0 Å². The van der Waals surface area contributed by atoms with Gasteiger partial charge in [0.05, 0.1) is 5.41 Å². The maximum atomic E-state index is 2.51. The summed E-state index contributed by atoms with van der Waals surface area (Å²) in [4.78, 5) is 5.04. The first-order chi connectivity index (χ1) is 29.3. The number of hydrogen-bond acceptors (Lipinski definition) is 2. The summed E-state index contributed by atoms with van der Waals surface area (Å²) in [5.41, 5.74) is 19.2. The Morgan fingerprint density at radius 2 is 0.831 bits per heavy atom. The minimum Gasteiger partial charge on any atom is -0.311 e. The highest BCUT2D eigenvalue weighted by Gasteiger charge is 2.54. The van der Waals surface area contributed by atoms with Crippen LogP contribution in [0.4, 0.5) is 17.1 Å². The van der Waals surface area contributed by atoms with Gasteiger partial charge in [0.2, 0.25) is 13.4 Å². The van der Waals surface area contributed by atoms with Crippen molar-refractivity contribution < 1.29 is 0 Å². The molecule has 0 saturated heterocycles. The molecule has 1 unspecified atom stereocenters. The zero-order chi connectivity index (χ0) is 38.9. The van der Waals surface area contributed by atoms with E-state index in [1.807, 2.05) is 11.8 Å². The van der Waals surface area contributed by atoms with Gasteiger partial charge in [0.1, 0.15) is 0 Å². The van der Waals surface area contributed by atoms with Crippen LogP contribution in [0.2, 0.25) is 0 Å². The molecule has 0 radical (unpaired) electrons. The van der Waals surface area contributed by atoms with Crippen LogP contribution in [0.1, 0.15) is 22.3 Å². The van der Waals surface area contributed by atoms with Gasteiger partial charge in [-0.05, 0) is 81.9 Å². The van der Waals surface area contributed by atoms with Crippen LogP contribution in [0.3, 0.4) is 0 Å². The standard InChI is InChI=1S/C55H37B2NS/c1-4-17-40(18-5-1)56-48-26-12-10-23-44(48)55(45-24-11-13-27-49(45)57-50-28-14-15-29-52(50)59-53-30-16-25-47(55)54(53)57)46-36-33-39(37-51(46)56)38-31-34-43(35-32-38)58(41-19-6-2-7-20-41)42-21-8-3-9-22-42/h1-37H. The molecule has 3 aliphatic rings. The summed E-state index contributed by atoms with van der Waals surface area (Å²) in [6, 6.07) is 83.7. The summed E-state index contributed by atoms with van der Waals surface area (Å²) in [6.45, 7) is 0.241. The molecule has 0 amide bonds. The molecule has 12 rings (SSSR count). The van der Waals surface area contributed by atoms with E-state index in [0.29, 0.717) is 0 Å². The van der Waals surface area contributed by atoms with Crippen LogP contribution >= 0.6 is 11.8 Å². The minimum atomic E-state index is -0.503. The first-order valence-electron chi connectivity index (χ1n) is 20.6. The topological polar surface area (TPSA) is 3.24 Å². The Bertz CT molecular complexity index is 2990. The molecule has 4 heteroatoms. The molecule has 0 N–H and O–H groups in total. The molecule has 274 valence electrons. The van der Waals surface area contributed by atoms with Gasteiger partial charge in [-0.3, -0.25) is 0 Å². The van der Waals surface area contributed by atoms with E-state index in [9.17, 15) is 0 Å². The van der Waals surface area contributed by atoms with Crippen molar-refractivity contribution >= 4 is 75.0 Å². The molecule has 3 heterocycles. The maximum absolute atomic E-state index is 2.51. The summed E-state index contributed by atoms with van der Waals surface area (Å²) in [7, 11) is 0. The van der Waals surface area contributed by atoms with Crippen molar-refractivity contribution in [2.45, 2.75) is 15.2 Å². The van der Waals surface area contributed by atoms with Crippen molar-refractivity contribution in [1.29, 1.82) is 0 Å². The number of benzene rings is 9. The van der Waals surface area contributed by atoms with Crippen LogP contribution in [-0.2, 0) is 5.41 Å². The second-order valence-corrected chi connectivity index (χ2v) is 17.0. The molecular weight excluding hydrogens is 728 g/mol. The smallest absolute Gasteiger partial charge is 0.245 e. The number of fused-ring (bicyclic) bond motifs is 10. The van der Waals surface area contributed by atoms with Crippen molar-refractivity contribution in [3.8, 4) is 11.1 Å². The van der Waals surface area contributed by atoms with Gasteiger partial charge >= 0.3 is 0 Å². The summed E-state index contributed by atoms with van der Waals surface area (Å²) in [5.74, 6) is 0. The fraction of sp³-hybridized carbons (Fsp3) is 0.0182. The highest BCUT2D eigenvalue weighted by Crippen LogP contribution is 2.49. The summed E-state index contributed by atoms with van der Waals surface area (Å²) in [6.07, 6.45) is 0. The number of hydrogen-bond donors (Lipinski definition) is 0. The summed E-state index contributed by atoms with van der Waals surface area (Å²) in [5, 5.41) is 0. The highest BCUT2D eigenvalue weighted by atomic mass is 32.2. The Kier molecular flexibility index (Phi) is 7.96. The number of para-hydroxylation sites is 2. The van der Waals surface area contributed by atoms with E-state index < -0.39 is 5.41 Å². The van der Waals surface area contributed by atoms with Crippen molar-refractivity contribution in [2.24, 2.45) is 0 Å².